The molecular weight excluding hydrogens is 324 g/mol. The summed E-state index contributed by atoms with van der Waals surface area (Å²) in [5.74, 6) is 6.53. The van der Waals surface area contributed by atoms with Gasteiger partial charge in [-0.25, -0.2) is 0 Å². The Bertz CT molecular complexity index is 383. The van der Waals surface area contributed by atoms with Crippen molar-refractivity contribution in [3.63, 3.8) is 0 Å². The van der Waals surface area contributed by atoms with Gasteiger partial charge < -0.3 is 0 Å². The number of hydrogen-bond donors (Lipinski definition) is 2. The van der Waals surface area contributed by atoms with E-state index in [4.69, 9.17) is 17.4 Å². The van der Waals surface area contributed by atoms with Crippen molar-refractivity contribution in [2.45, 2.75) is 51.0 Å². The maximum Gasteiger partial charge on any atom is 0.0488 e. The maximum absolute atomic E-state index is 6.33. The lowest BCUT2D eigenvalue weighted by atomic mass is 9.90. The number of nitrogens with one attached hydrogen (secondary N) is 1. The number of rotatable bonds is 4. The lowest BCUT2D eigenvalue weighted by Crippen LogP contribution is -2.30. The quantitative estimate of drug-likeness (QED) is 0.459. The largest absolute Gasteiger partial charge is 0.271 e. The second-order valence-electron chi connectivity index (χ2n) is 5.45. The average molecular weight is 346 g/mol. The third kappa shape index (κ3) is 4.19. The smallest absolute Gasteiger partial charge is 0.0488 e. The van der Waals surface area contributed by atoms with Gasteiger partial charge in [-0.15, -0.1) is 0 Å². The van der Waals surface area contributed by atoms with Gasteiger partial charge in [0.2, 0.25) is 0 Å². The molecule has 0 bridgehead atoms. The molecule has 19 heavy (non-hydrogen) atoms. The van der Waals surface area contributed by atoms with Gasteiger partial charge in [0.25, 0.3) is 0 Å². The Balaban J connectivity index is 2.10. The van der Waals surface area contributed by atoms with Crippen molar-refractivity contribution in [3.8, 4) is 0 Å². The highest BCUT2D eigenvalue weighted by Crippen LogP contribution is 2.36. The van der Waals surface area contributed by atoms with Crippen LogP contribution in [-0.4, -0.2) is 0 Å². The van der Waals surface area contributed by atoms with Gasteiger partial charge in [0.1, 0.15) is 0 Å². The second kappa shape index (κ2) is 7.63. The molecule has 1 aromatic rings. The fourth-order valence-corrected chi connectivity index (χ4v) is 4.11. The third-order valence-electron chi connectivity index (χ3n) is 4.09. The van der Waals surface area contributed by atoms with Gasteiger partial charge in [0, 0.05) is 21.1 Å². The molecule has 1 fully saturated rings. The van der Waals surface area contributed by atoms with Crippen molar-refractivity contribution in [2.24, 2.45) is 11.8 Å². The zero-order valence-corrected chi connectivity index (χ0v) is 13.5. The molecule has 0 spiro atoms. The van der Waals surface area contributed by atoms with Gasteiger partial charge >= 0.3 is 0 Å². The molecule has 1 aliphatic carbocycles. The van der Waals surface area contributed by atoms with E-state index in [2.05, 4.69) is 21.4 Å². The minimum Gasteiger partial charge on any atom is -0.271 e. The van der Waals surface area contributed by atoms with Gasteiger partial charge in [0.15, 0.2) is 0 Å². The number of hydrogen-bond acceptors (Lipinski definition) is 2. The molecule has 0 radical (unpaired) electrons. The van der Waals surface area contributed by atoms with Crippen LogP contribution in [0, 0.1) is 5.92 Å². The molecule has 0 aromatic heterocycles. The summed E-state index contributed by atoms with van der Waals surface area (Å²) in [6.07, 6.45) is 9.18. The molecular formula is C15H22BrClN2. The first-order valence-electron chi connectivity index (χ1n) is 7.12. The topological polar surface area (TPSA) is 38.0 Å². The molecule has 1 atom stereocenters. The molecule has 2 nitrogen and oxygen atoms in total. The summed E-state index contributed by atoms with van der Waals surface area (Å²) in [6.45, 7) is 0. The molecule has 0 heterocycles. The maximum atomic E-state index is 6.33. The molecule has 1 saturated carbocycles. The Morgan fingerprint density at radius 3 is 2.53 bits per heavy atom. The molecule has 0 amide bonds. The lowest BCUT2D eigenvalue weighted by Gasteiger charge is -2.24. The van der Waals surface area contributed by atoms with Gasteiger partial charge in [-0.2, -0.15) is 0 Å². The van der Waals surface area contributed by atoms with Crippen molar-refractivity contribution in [1.29, 1.82) is 0 Å². The molecule has 4 heteroatoms. The van der Waals surface area contributed by atoms with Gasteiger partial charge in [-0.3, -0.25) is 11.3 Å². The van der Waals surface area contributed by atoms with E-state index < -0.39 is 0 Å². The van der Waals surface area contributed by atoms with Gasteiger partial charge in [0.05, 0.1) is 0 Å². The van der Waals surface area contributed by atoms with E-state index >= 15 is 0 Å². The van der Waals surface area contributed by atoms with Gasteiger partial charge in [-0.1, -0.05) is 72.1 Å². The fourth-order valence-electron chi connectivity index (χ4n) is 3.05. The normalized spacial score (nSPS) is 19.1. The van der Waals surface area contributed by atoms with Crippen molar-refractivity contribution < 1.29 is 0 Å². The summed E-state index contributed by atoms with van der Waals surface area (Å²) in [5.41, 5.74) is 4.05. The van der Waals surface area contributed by atoms with Crippen LogP contribution < -0.4 is 11.3 Å². The number of halogens is 2. The Morgan fingerprint density at radius 2 is 1.95 bits per heavy atom. The molecule has 3 N–H and O–H groups in total. The van der Waals surface area contributed by atoms with Gasteiger partial charge in [-0.05, 0) is 24.5 Å². The molecule has 0 saturated heterocycles. The Morgan fingerprint density at radius 1 is 1.26 bits per heavy atom. The minimum atomic E-state index is 0.131. The summed E-state index contributed by atoms with van der Waals surface area (Å²) >= 11 is 9.92. The third-order valence-corrected chi connectivity index (χ3v) is 5.11. The van der Waals surface area contributed by atoms with Crippen molar-refractivity contribution in [2.75, 3.05) is 0 Å². The van der Waals surface area contributed by atoms with Crippen LogP contribution in [0.4, 0.5) is 0 Å². The number of nitrogens with two attached hydrogens (primary N) is 1. The Hall–Kier alpha value is -0.0900. The summed E-state index contributed by atoms with van der Waals surface area (Å²) in [7, 11) is 0. The molecule has 2 rings (SSSR count). The van der Waals surface area contributed by atoms with Crippen LogP contribution in [0.15, 0.2) is 22.7 Å². The highest BCUT2D eigenvalue weighted by atomic mass is 79.9. The van der Waals surface area contributed by atoms with Crippen LogP contribution in [0.5, 0.6) is 0 Å². The lowest BCUT2D eigenvalue weighted by molar-refractivity contribution is 0.358. The highest BCUT2D eigenvalue weighted by Gasteiger charge is 2.22. The van der Waals surface area contributed by atoms with E-state index in [1.54, 1.807) is 0 Å². The van der Waals surface area contributed by atoms with Crippen LogP contribution in [0.3, 0.4) is 0 Å². The minimum absolute atomic E-state index is 0.131. The molecule has 1 aromatic carbocycles. The Labute approximate surface area is 129 Å². The van der Waals surface area contributed by atoms with Crippen LogP contribution >= 0.6 is 27.5 Å². The van der Waals surface area contributed by atoms with Crippen LogP contribution in [0.2, 0.25) is 5.02 Å². The summed E-state index contributed by atoms with van der Waals surface area (Å²) in [4.78, 5) is 0. The zero-order chi connectivity index (χ0) is 13.7. The van der Waals surface area contributed by atoms with E-state index in [0.717, 1.165) is 27.4 Å². The van der Waals surface area contributed by atoms with Crippen molar-refractivity contribution in [3.05, 3.63) is 33.3 Å². The molecule has 1 aliphatic rings. The van der Waals surface area contributed by atoms with Crippen LogP contribution in [0.25, 0.3) is 0 Å². The predicted molar refractivity (Wildman–Crippen MR) is 85.0 cm³/mol. The number of hydrazine groups is 1. The molecule has 106 valence electrons. The molecule has 1 unspecified atom stereocenters. The first-order chi connectivity index (χ1) is 9.22. The Kier molecular flexibility index (Phi) is 6.14. The van der Waals surface area contributed by atoms with E-state index in [0.29, 0.717) is 0 Å². The fraction of sp³-hybridized carbons (Fsp3) is 0.600. The monoisotopic (exact) mass is 344 g/mol. The number of benzene rings is 1. The van der Waals surface area contributed by atoms with Crippen LogP contribution in [-0.2, 0) is 0 Å². The summed E-state index contributed by atoms with van der Waals surface area (Å²) in [5, 5.41) is 0.783. The zero-order valence-electron chi connectivity index (χ0n) is 11.2. The van der Waals surface area contributed by atoms with E-state index in [1.165, 1.54) is 38.5 Å². The SMILES string of the molecule is NNC(CC1CCCCCC1)c1c(Cl)cccc1Br. The van der Waals surface area contributed by atoms with E-state index in [9.17, 15) is 0 Å². The first kappa shape index (κ1) is 15.3. The summed E-state index contributed by atoms with van der Waals surface area (Å²) in [6, 6.07) is 6.04. The van der Waals surface area contributed by atoms with E-state index in [-0.39, 0.29) is 6.04 Å². The molecule has 0 aliphatic heterocycles. The summed E-state index contributed by atoms with van der Waals surface area (Å²) < 4.78 is 1.04. The standard InChI is InChI=1S/C15H22BrClN2/c16-12-8-5-9-13(17)15(12)14(19-18)10-11-6-3-1-2-4-7-11/h5,8-9,11,14,19H,1-4,6-7,10,18H2. The highest BCUT2D eigenvalue weighted by molar-refractivity contribution is 9.10. The van der Waals surface area contributed by atoms with Crippen molar-refractivity contribution >= 4 is 27.5 Å². The second-order valence-corrected chi connectivity index (χ2v) is 6.71. The predicted octanol–water partition coefficient (Wildman–Crippen LogP) is 4.97. The first-order valence-corrected chi connectivity index (χ1v) is 8.29. The van der Waals surface area contributed by atoms with Crippen LogP contribution in [0.1, 0.15) is 56.6 Å². The van der Waals surface area contributed by atoms with E-state index in [1.807, 2.05) is 18.2 Å². The van der Waals surface area contributed by atoms with Crippen molar-refractivity contribution in [1.82, 2.24) is 5.43 Å². The average Bonchev–Trinajstić information content (AvgIpc) is 2.65.